The first-order valence-corrected chi connectivity index (χ1v) is 9.25. The molecule has 1 aliphatic heterocycles. The number of primary amides is 1. The van der Waals surface area contributed by atoms with Crippen molar-refractivity contribution in [3.63, 3.8) is 0 Å². The molecule has 8 heteroatoms. The number of piperidine rings is 1. The quantitative estimate of drug-likeness (QED) is 0.753. The largest absolute Gasteiger partial charge is 0.351 e. The van der Waals surface area contributed by atoms with Crippen LogP contribution in [0.15, 0.2) is 0 Å². The summed E-state index contributed by atoms with van der Waals surface area (Å²) in [6, 6.07) is 1.68. The average Bonchev–Trinajstić information content (AvgIpc) is 3.46. The van der Waals surface area contributed by atoms with Crippen molar-refractivity contribution in [2.45, 2.75) is 63.3 Å². The van der Waals surface area contributed by atoms with Gasteiger partial charge < -0.3 is 16.0 Å². The number of nitrogens with two attached hydrogens (primary N) is 1. The molecule has 1 saturated heterocycles. The number of nitrogens with one attached hydrogen (secondary N) is 1. The van der Waals surface area contributed by atoms with Crippen LogP contribution in [0.2, 0.25) is 0 Å². The van der Waals surface area contributed by atoms with Crippen molar-refractivity contribution in [3.8, 4) is 6.07 Å². The van der Waals surface area contributed by atoms with E-state index in [9.17, 15) is 23.6 Å². The van der Waals surface area contributed by atoms with Gasteiger partial charge in [0.15, 0.2) is 0 Å². The number of nitriles is 1. The molecule has 6 nitrogen and oxygen atoms in total. The zero-order valence-electron chi connectivity index (χ0n) is 15.1. The molecule has 3 N–H and O–H groups in total. The Labute approximate surface area is 152 Å². The van der Waals surface area contributed by atoms with Crippen molar-refractivity contribution in [3.05, 3.63) is 0 Å². The van der Waals surface area contributed by atoms with Crippen LogP contribution in [-0.2, 0) is 4.79 Å². The van der Waals surface area contributed by atoms with Crippen molar-refractivity contribution in [2.75, 3.05) is 13.1 Å². The molecular weight excluding hydrogens is 342 g/mol. The average molecular weight is 368 g/mol. The fourth-order valence-corrected chi connectivity index (χ4v) is 4.34. The van der Waals surface area contributed by atoms with Gasteiger partial charge in [-0.25, -0.2) is 13.6 Å². The molecule has 0 aromatic heterocycles. The van der Waals surface area contributed by atoms with Crippen LogP contribution in [0.4, 0.5) is 13.6 Å². The van der Waals surface area contributed by atoms with E-state index in [1.807, 2.05) is 0 Å². The predicted octanol–water partition coefficient (Wildman–Crippen LogP) is 2.39. The van der Waals surface area contributed by atoms with Gasteiger partial charge in [0, 0.05) is 25.4 Å². The normalized spacial score (nSPS) is 26.7. The highest BCUT2D eigenvalue weighted by Crippen LogP contribution is 2.63. The molecule has 144 valence electrons. The second-order valence-corrected chi connectivity index (χ2v) is 8.40. The Bertz CT molecular complexity index is 628. The lowest BCUT2D eigenvalue weighted by molar-refractivity contribution is -0.127. The summed E-state index contributed by atoms with van der Waals surface area (Å²) >= 11 is 0. The molecule has 0 aromatic rings. The molecule has 26 heavy (non-hydrogen) atoms. The summed E-state index contributed by atoms with van der Waals surface area (Å²) in [7, 11) is 0. The number of hydrogen-bond acceptors (Lipinski definition) is 3. The second-order valence-electron chi connectivity index (χ2n) is 8.40. The third-order valence-electron chi connectivity index (χ3n) is 6.37. The molecule has 2 saturated carbocycles. The second kappa shape index (κ2) is 6.36. The number of amides is 3. The van der Waals surface area contributed by atoms with E-state index in [0.717, 1.165) is 26.2 Å². The van der Waals surface area contributed by atoms with Crippen LogP contribution in [0.3, 0.4) is 0 Å². The van der Waals surface area contributed by atoms with Gasteiger partial charge in [-0.1, -0.05) is 0 Å². The molecule has 3 amide bonds. The molecule has 1 unspecified atom stereocenters. The molecule has 0 bridgehead atoms. The van der Waals surface area contributed by atoms with Crippen molar-refractivity contribution in [2.24, 2.45) is 23.0 Å². The van der Waals surface area contributed by atoms with Crippen LogP contribution in [0.1, 0.15) is 51.9 Å². The minimum atomic E-state index is -2.82. The third-order valence-corrected chi connectivity index (χ3v) is 6.37. The van der Waals surface area contributed by atoms with Crippen LogP contribution in [-0.4, -0.2) is 41.4 Å². The maximum absolute atomic E-state index is 13.4. The Hall–Kier alpha value is -1.91. The van der Waals surface area contributed by atoms with Crippen molar-refractivity contribution >= 4 is 11.9 Å². The minimum Gasteiger partial charge on any atom is -0.351 e. The standard InChI is InChI=1S/C18H26F2N4O2/c1-16(19,20)3-2-12(14(25)23-18(11-21)4-5-18)13-10-17(13)6-8-24(9-7-17)15(22)26/h12-13H,2-10H2,1H3,(H2,22,26)(H,23,25)/t12-,13?/m0/s1. The number of nitrogens with zero attached hydrogens (tertiary/aromatic N) is 2. The van der Waals surface area contributed by atoms with Gasteiger partial charge in [-0.15, -0.1) is 0 Å². The fraction of sp³-hybridized carbons (Fsp3) is 0.833. The van der Waals surface area contributed by atoms with Gasteiger partial charge in [-0.2, -0.15) is 5.26 Å². The summed E-state index contributed by atoms with van der Waals surface area (Å²) in [4.78, 5) is 25.6. The molecule has 1 heterocycles. The summed E-state index contributed by atoms with van der Waals surface area (Å²) in [6.07, 6.45) is 3.32. The van der Waals surface area contributed by atoms with E-state index in [1.54, 1.807) is 4.90 Å². The highest BCUT2D eigenvalue weighted by molar-refractivity contribution is 5.81. The zero-order chi connectivity index (χ0) is 19.2. The van der Waals surface area contributed by atoms with Crippen LogP contribution in [0.25, 0.3) is 0 Å². The van der Waals surface area contributed by atoms with Crippen LogP contribution < -0.4 is 11.1 Å². The Kier molecular flexibility index (Phi) is 4.62. The predicted molar refractivity (Wildman–Crippen MR) is 90.0 cm³/mol. The summed E-state index contributed by atoms with van der Waals surface area (Å²) in [5.41, 5.74) is 4.47. The van der Waals surface area contributed by atoms with Crippen molar-refractivity contribution < 1.29 is 18.4 Å². The molecule has 3 rings (SSSR count). The van der Waals surface area contributed by atoms with Gasteiger partial charge in [-0.3, -0.25) is 4.79 Å². The highest BCUT2D eigenvalue weighted by atomic mass is 19.3. The van der Waals surface area contributed by atoms with Gasteiger partial charge in [0.05, 0.1) is 6.07 Å². The van der Waals surface area contributed by atoms with Gasteiger partial charge in [0.2, 0.25) is 11.8 Å². The van der Waals surface area contributed by atoms with Crippen LogP contribution in [0, 0.1) is 28.6 Å². The summed E-state index contributed by atoms with van der Waals surface area (Å²) < 4.78 is 26.8. The Balaban J connectivity index is 1.66. The smallest absolute Gasteiger partial charge is 0.314 e. The number of likely N-dealkylation sites (tertiary alicyclic amines) is 1. The summed E-state index contributed by atoms with van der Waals surface area (Å²) in [5, 5.41) is 12.0. The Morgan fingerprint density at radius 2 is 1.96 bits per heavy atom. The number of carbonyl (C=O) groups is 2. The lowest BCUT2D eigenvalue weighted by Gasteiger charge is -2.33. The van der Waals surface area contributed by atoms with Crippen molar-refractivity contribution in [1.29, 1.82) is 5.26 Å². The molecule has 3 aliphatic rings. The van der Waals surface area contributed by atoms with Crippen LogP contribution >= 0.6 is 0 Å². The molecular formula is C18H26F2N4O2. The van der Waals surface area contributed by atoms with E-state index >= 15 is 0 Å². The number of halogens is 2. The number of urea groups is 1. The van der Waals surface area contributed by atoms with Crippen LogP contribution in [0.5, 0.6) is 0 Å². The SMILES string of the molecule is CC(F)(F)CC[C@H](C(=O)NC1(C#N)CC1)C1CC12CCN(C(N)=O)CC2. The molecule has 0 radical (unpaired) electrons. The zero-order valence-corrected chi connectivity index (χ0v) is 15.1. The van der Waals surface area contributed by atoms with Gasteiger partial charge in [0.25, 0.3) is 0 Å². The van der Waals surface area contributed by atoms with E-state index in [0.29, 0.717) is 25.9 Å². The molecule has 2 aliphatic carbocycles. The highest BCUT2D eigenvalue weighted by Gasteiger charge is 2.60. The maximum atomic E-state index is 13.4. The fourth-order valence-electron chi connectivity index (χ4n) is 4.34. The van der Waals surface area contributed by atoms with E-state index in [4.69, 9.17) is 5.73 Å². The monoisotopic (exact) mass is 368 g/mol. The lowest BCUT2D eigenvalue weighted by atomic mass is 9.84. The number of alkyl halides is 2. The molecule has 0 aromatic carbocycles. The maximum Gasteiger partial charge on any atom is 0.314 e. The van der Waals surface area contributed by atoms with Gasteiger partial charge in [-0.05, 0) is 56.8 Å². The Morgan fingerprint density at radius 1 is 1.35 bits per heavy atom. The first kappa shape index (κ1) is 18.9. The molecule has 3 fully saturated rings. The number of hydrogen-bond donors (Lipinski definition) is 2. The topological polar surface area (TPSA) is 99.2 Å². The summed E-state index contributed by atoms with van der Waals surface area (Å²) in [6.45, 7) is 1.96. The van der Waals surface area contributed by atoms with Gasteiger partial charge in [0.1, 0.15) is 5.54 Å². The van der Waals surface area contributed by atoms with E-state index < -0.39 is 23.4 Å². The van der Waals surface area contributed by atoms with E-state index in [2.05, 4.69) is 11.4 Å². The van der Waals surface area contributed by atoms with E-state index in [1.165, 1.54) is 0 Å². The lowest BCUT2D eigenvalue weighted by Crippen LogP contribution is -2.44. The van der Waals surface area contributed by atoms with Gasteiger partial charge >= 0.3 is 6.03 Å². The molecule has 1 spiro atoms. The third kappa shape index (κ3) is 3.92. The molecule has 2 atom stereocenters. The number of rotatable bonds is 6. The minimum absolute atomic E-state index is 0.0365. The van der Waals surface area contributed by atoms with E-state index in [-0.39, 0.29) is 30.1 Å². The summed E-state index contributed by atoms with van der Waals surface area (Å²) in [5.74, 6) is -3.56. The first-order chi connectivity index (χ1) is 12.1. The number of carbonyl (C=O) groups excluding carboxylic acids is 2. The first-order valence-electron chi connectivity index (χ1n) is 9.25. The van der Waals surface area contributed by atoms with Crippen molar-refractivity contribution in [1.82, 2.24) is 10.2 Å². The Morgan fingerprint density at radius 3 is 2.42 bits per heavy atom.